The third kappa shape index (κ3) is 3.95. The molecule has 0 bridgehead atoms. The Morgan fingerprint density at radius 3 is 2.58 bits per heavy atom. The van der Waals surface area contributed by atoms with E-state index in [4.69, 9.17) is 0 Å². The summed E-state index contributed by atoms with van der Waals surface area (Å²) in [6.07, 6.45) is 0.603. The van der Waals surface area contributed by atoms with Gasteiger partial charge in [-0.2, -0.15) is 4.68 Å². The van der Waals surface area contributed by atoms with Crippen LogP contribution in [0.5, 0.6) is 0 Å². The molecule has 7 nitrogen and oxygen atoms in total. The summed E-state index contributed by atoms with van der Waals surface area (Å²) in [5.74, 6) is 0.934. The van der Waals surface area contributed by atoms with Gasteiger partial charge in [-0.25, -0.2) is 9.78 Å². The van der Waals surface area contributed by atoms with Crippen molar-refractivity contribution in [3.63, 3.8) is 0 Å². The Labute approximate surface area is 116 Å². The van der Waals surface area contributed by atoms with Crippen molar-refractivity contribution in [1.82, 2.24) is 25.0 Å². The standard InChI is InChI=1S/C11H19N5O2S/c1-11(2,3)8-13-9(19-7-12-6-17)16(14-8)10(18)15(4)5/h6H,7H2,1-5H3,(H,12,17). The second-order valence-electron chi connectivity index (χ2n) is 5.17. The average molecular weight is 285 g/mol. The number of carbonyl (C=O) groups is 2. The summed E-state index contributed by atoms with van der Waals surface area (Å²) in [6, 6.07) is -0.267. The van der Waals surface area contributed by atoms with E-state index in [9.17, 15) is 9.59 Å². The van der Waals surface area contributed by atoms with Gasteiger partial charge in [0, 0.05) is 19.5 Å². The first kappa shape index (κ1) is 15.5. The van der Waals surface area contributed by atoms with Crippen molar-refractivity contribution in [2.75, 3.05) is 20.0 Å². The van der Waals surface area contributed by atoms with E-state index in [-0.39, 0.29) is 11.4 Å². The van der Waals surface area contributed by atoms with Crippen molar-refractivity contribution in [2.45, 2.75) is 31.3 Å². The van der Waals surface area contributed by atoms with Gasteiger partial charge < -0.3 is 10.2 Å². The summed E-state index contributed by atoms with van der Waals surface area (Å²) in [4.78, 5) is 28.1. The fourth-order valence-corrected chi connectivity index (χ4v) is 1.84. The highest BCUT2D eigenvalue weighted by molar-refractivity contribution is 7.99. The monoisotopic (exact) mass is 285 g/mol. The van der Waals surface area contributed by atoms with Crippen molar-refractivity contribution in [3.05, 3.63) is 5.82 Å². The van der Waals surface area contributed by atoms with Crippen LogP contribution < -0.4 is 5.32 Å². The van der Waals surface area contributed by atoms with Gasteiger partial charge in [0.2, 0.25) is 6.41 Å². The maximum Gasteiger partial charge on any atom is 0.346 e. The minimum absolute atomic E-state index is 0.245. The van der Waals surface area contributed by atoms with Crippen molar-refractivity contribution < 1.29 is 9.59 Å². The zero-order valence-corrected chi connectivity index (χ0v) is 12.6. The van der Waals surface area contributed by atoms with E-state index >= 15 is 0 Å². The lowest BCUT2D eigenvalue weighted by molar-refractivity contribution is -0.109. The largest absolute Gasteiger partial charge is 0.349 e. The van der Waals surface area contributed by atoms with E-state index in [1.165, 1.54) is 21.3 Å². The lowest BCUT2D eigenvalue weighted by Crippen LogP contribution is -2.29. The third-order valence-corrected chi connectivity index (χ3v) is 3.01. The number of hydrogen-bond donors (Lipinski definition) is 1. The molecule has 0 aliphatic rings. The summed E-state index contributed by atoms with van der Waals surface area (Å²) < 4.78 is 1.26. The molecule has 0 fully saturated rings. The van der Waals surface area contributed by atoms with Gasteiger partial charge in [0.1, 0.15) is 0 Å². The van der Waals surface area contributed by atoms with E-state index < -0.39 is 0 Å². The molecule has 0 atom stereocenters. The van der Waals surface area contributed by atoms with E-state index in [1.54, 1.807) is 14.1 Å². The van der Waals surface area contributed by atoms with E-state index in [0.717, 1.165) is 0 Å². The molecule has 0 saturated heterocycles. The molecule has 8 heteroatoms. The number of nitrogens with zero attached hydrogens (tertiary/aromatic N) is 4. The highest BCUT2D eigenvalue weighted by atomic mass is 32.2. The molecule has 1 aromatic heterocycles. The number of hydrogen-bond acceptors (Lipinski definition) is 5. The van der Waals surface area contributed by atoms with Crippen LogP contribution in [0.3, 0.4) is 0 Å². The van der Waals surface area contributed by atoms with Crippen molar-refractivity contribution in [3.8, 4) is 0 Å². The first-order valence-corrected chi connectivity index (χ1v) is 6.75. The molecule has 0 aromatic carbocycles. The topological polar surface area (TPSA) is 80.1 Å². The highest BCUT2D eigenvalue weighted by Gasteiger charge is 2.25. The van der Waals surface area contributed by atoms with Gasteiger partial charge in [0.25, 0.3) is 0 Å². The number of thioether (sulfide) groups is 1. The van der Waals surface area contributed by atoms with Crippen LogP contribution in [-0.2, 0) is 10.2 Å². The van der Waals surface area contributed by atoms with Crippen LogP contribution in [0.4, 0.5) is 4.79 Å². The smallest absolute Gasteiger partial charge is 0.346 e. The van der Waals surface area contributed by atoms with Gasteiger partial charge in [-0.3, -0.25) is 4.79 Å². The summed E-state index contributed by atoms with van der Waals surface area (Å²) in [5, 5.41) is 7.25. The number of nitrogens with one attached hydrogen (secondary N) is 1. The Hall–Kier alpha value is -1.57. The van der Waals surface area contributed by atoms with E-state index in [1.807, 2.05) is 20.8 Å². The van der Waals surface area contributed by atoms with Crippen molar-refractivity contribution in [2.24, 2.45) is 0 Å². The number of carbonyl (C=O) groups excluding carboxylic acids is 2. The fraction of sp³-hybridized carbons (Fsp3) is 0.636. The van der Waals surface area contributed by atoms with Gasteiger partial charge in [-0.05, 0) is 0 Å². The van der Waals surface area contributed by atoms with Crippen molar-refractivity contribution in [1.29, 1.82) is 0 Å². The number of aromatic nitrogens is 3. The quantitative estimate of drug-likeness (QED) is 0.385. The molecule has 0 unspecified atom stereocenters. The Morgan fingerprint density at radius 1 is 1.47 bits per heavy atom. The fourth-order valence-electron chi connectivity index (χ4n) is 1.16. The molecule has 1 aromatic rings. The molecule has 2 amide bonds. The molecule has 0 aliphatic heterocycles. The first-order valence-electron chi connectivity index (χ1n) is 5.76. The lowest BCUT2D eigenvalue weighted by Gasteiger charge is -2.13. The Morgan fingerprint density at radius 2 is 2.11 bits per heavy atom. The Bertz CT molecular complexity index is 464. The van der Waals surface area contributed by atoms with Gasteiger partial charge in [0.15, 0.2) is 11.0 Å². The number of rotatable bonds is 4. The summed E-state index contributed by atoms with van der Waals surface area (Å²) in [7, 11) is 3.30. The van der Waals surface area contributed by atoms with Gasteiger partial charge in [0.05, 0.1) is 5.88 Å². The lowest BCUT2D eigenvalue weighted by atomic mass is 9.96. The predicted octanol–water partition coefficient (Wildman–Crippen LogP) is 0.901. The summed E-state index contributed by atoms with van der Waals surface area (Å²) >= 11 is 1.25. The van der Waals surface area contributed by atoms with Crippen LogP contribution in [0, 0.1) is 0 Å². The molecule has 106 valence electrons. The second-order valence-corrected chi connectivity index (χ2v) is 6.11. The maximum atomic E-state index is 12.0. The minimum Gasteiger partial charge on any atom is -0.349 e. The molecular weight excluding hydrogens is 266 g/mol. The first-order chi connectivity index (χ1) is 8.77. The van der Waals surface area contributed by atoms with Crippen LogP contribution in [0.2, 0.25) is 0 Å². The maximum absolute atomic E-state index is 12.0. The average Bonchev–Trinajstić information content (AvgIpc) is 2.72. The number of amides is 2. The van der Waals surface area contributed by atoms with Crippen molar-refractivity contribution >= 4 is 24.2 Å². The highest BCUT2D eigenvalue weighted by Crippen LogP contribution is 2.23. The molecule has 0 aliphatic carbocycles. The third-order valence-electron chi connectivity index (χ3n) is 2.18. The molecular formula is C11H19N5O2S. The van der Waals surface area contributed by atoms with Crippen LogP contribution >= 0.6 is 11.8 Å². The second kappa shape index (κ2) is 6.05. The van der Waals surface area contributed by atoms with Gasteiger partial charge in [-0.15, -0.1) is 5.10 Å². The van der Waals surface area contributed by atoms with Gasteiger partial charge in [-0.1, -0.05) is 32.5 Å². The summed E-state index contributed by atoms with van der Waals surface area (Å²) in [5.41, 5.74) is -0.245. The zero-order valence-electron chi connectivity index (χ0n) is 11.8. The molecule has 0 spiro atoms. The normalized spacial score (nSPS) is 11.2. The SMILES string of the molecule is CN(C)C(=O)n1nc(C(C)(C)C)nc1SCNC=O. The van der Waals surface area contributed by atoms with E-state index in [2.05, 4.69) is 15.4 Å². The Balaban J connectivity index is 3.07. The van der Waals surface area contributed by atoms with Crippen LogP contribution in [0.15, 0.2) is 5.16 Å². The molecule has 0 radical (unpaired) electrons. The zero-order chi connectivity index (χ0) is 14.6. The Kier molecular flexibility index (Phi) is 4.93. The molecule has 1 heterocycles. The molecule has 0 saturated carbocycles. The predicted molar refractivity (Wildman–Crippen MR) is 73.1 cm³/mol. The minimum atomic E-state index is -0.267. The van der Waals surface area contributed by atoms with Crippen LogP contribution in [0.25, 0.3) is 0 Å². The molecule has 19 heavy (non-hydrogen) atoms. The van der Waals surface area contributed by atoms with Gasteiger partial charge >= 0.3 is 6.03 Å². The van der Waals surface area contributed by atoms with E-state index in [0.29, 0.717) is 23.3 Å². The molecule has 1 N–H and O–H groups in total. The summed E-state index contributed by atoms with van der Waals surface area (Å²) in [6.45, 7) is 5.93. The molecule has 1 rings (SSSR count). The van der Waals surface area contributed by atoms with Crippen LogP contribution in [0.1, 0.15) is 26.6 Å². The van der Waals surface area contributed by atoms with Crippen LogP contribution in [-0.4, -0.2) is 52.1 Å².